The average Bonchev–Trinajstić information content (AvgIpc) is 3.30. The van der Waals surface area contributed by atoms with Crippen LogP contribution in [0.25, 0.3) is 0 Å². The minimum atomic E-state index is -3.48. The van der Waals surface area contributed by atoms with E-state index in [4.69, 9.17) is 16.3 Å². The first-order chi connectivity index (χ1) is 15.3. The third-order valence-electron chi connectivity index (χ3n) is 6.72. The fraction of sp³-hybridized carbons (Fsp3) is 0.458. The number of ether oxygens (including phenoxy) is 1. The topological polar surface area (TPSA) is 75.7 Å². The second kappa shape index (κ2) is 9.41. The van der Waals surface area contributed by atoms with Crippen molar-refractivity contribution in [3.8, 4) is 5.75 Å². The molecule has 1 saturated carbocycles. The van der Waals surface area contributed by atoms with Crippen LogP contribution in [0.5, 0.6) is 5.75 Å². The van der Waals surface area contributed by atoms with Crippen molar-refractivity contribution in [2.24, 2.45) is 0 Å². The fourth-order valence-corrected chi connectivity index (χ4v) is 6.30. The van der Waals surface area contributed by atoms with Crippen molar-refractivity contribution in [3.63, 3.8) is 0 Å². The smallest absolute Gasteiger partial charge is 0.230 e. The van der Waals surface area contributed by atoms with Gasteiger partial charge in [0.25, 0.3) is 0 Å². The molecule has 2 aromatic carbocycles. The molecule has 0 atom stereocenters. The second-order valence-corrected chi connectivity index (χ2v) is 11.1. The van der Waals surface area contributed by atoms with Gasteiger partial charge in [0.1, 0.15) is 5.75 Å². The van der Waals surface area contributed by atoms with Crippen molar-refractivity contribution in [1.29, 1.82) is 0 Å². The van der Waals surface area contributed by atoms with Crippen LogP contribution < -0.4 is 10.1 Å². The van der Waals surface area contributed by atoms with E-state index in [1.807, 2.05) is 30.3 Å². The molecule has 1 amide bonds. The highest BCUT2D eigenvalue weighted by Gasteiger charge is 2.42. The van der Waals surface area contributed by atoms with Crippen LogP contribution >= 0.6 is 11.6 Å². The van der Waals surface area contributed by atoms with E-state index in [0.717, 1.165) is 48.1 Å². The number of sulfonamides is 1. The SMILES string of the molecule is COc1ccc2c(c1)CCN(S(=O)(=O)CCNC(=O)C1(c3ccc(Cl)cc3)CCCC1)C2. The Kier molecular flexibility index (Phi) is 6.79. The summed E-state index contributed by atoms with van der Waals surface area (Å²) in [5.74, 6) is 0.578. The highest BCUT2D eigenvalue weighted by Crippen LogP contribution is 2.41. The maximum atomic E-state index is 13.2. The molecule has 0 unspecified atom stereocenters. The summed E-state index contributed by atoms with van der Waals surface area (Å²) in [6.45, 7) is 0.887. The van der Waals surface area contributed by atoms with Crippen molar-refractivity contribution in [1.82, 2.24) is 9.62 Å². The van der Waals surface area contributed by atoms with Gasteiger partial charge in [-0.25, -0.2) is 8.42 Å². The predicted octanol–water partition coefficient (Wildman–Crippen LogP) is 3.66. The normalized spacial score (nSPS) is 18.2. The van der Waals surface area contributed by atoms with Gasteiger partial charge in [-0.2, -0.15) is 4.31 Å². The van der Waals surface area contributed by atoms with Crippen LogP contribution in [0.15, 0.2) is 42.5 Å². The van der Waals surface area contributed by atoms with Gasteiger partial charge in [0.15, 0.2) is 0 Å². The number of nitrogens with zero attached hydrogens (tertiary/aromatic N) is 1. The molecule has 0 saturated heterocycles. The zero-order valence-corrected chi connectivity index (χ0v) is 19.8. The van der Waals surface area contributed by atoms with Crippen LogP contribution in [0.3, 0.4) is 0 Å². The Hall–Kier alpha value is -2.09. The molecule has 0 radical (unpaired) electrons. The van der Waals surface area contributed by atoms with E-state index in [1.165, 1.54) is 4.31 Å². The van der Waals surface area contributed by atoms with Crippen LogP contribution in [0.2, 0.25) is 5.02 Å². The third-order valence-corrected chi connectivity index (χ3v) is 8.79. The lowest BCUT2D eigenvalue weighted by Crippen LogP contribution is -2.45. The first kappa shape index (κ1) is 23.1. The van der Waals surface area contributed by atoms with Gasteiger partial charge in [-0.3, -0.25) is 4.79 Å². The molecule has 8 heteroatoms. The minimum Gasteiger partial charge on any atom is -0.497 e. The maximum Gasteiger partial charge on any atom is 0.230 e. The number of methoxy groups -OCH3 is 1. The van der Waals surface area contributed by atoms with E-state index in [9.17, 15) is 13.2 Å². The van der Waals surface area contributed by atoms with E-state index < -0.39 is 15.4 Å². The summed E-state index contributed by atoms with van der Waals surface area (Å²) in [6, 6.07) is 13.2. The molecule has 0 bridgehead atoms. The summed E-state index contributed by atoms with van der Waals surface area (Å²) in [5, 5.41) is 3.55. The Morgan fingerprint density at radius 3 is 2.53 bits per heavy atom. The van der Waals surface area contributed by atoms with Gasteiger partial charge in [0.05, 0.1) is 18.3 Å². The summed E-state index contributed by atoms with van der Waals surface area (Å²) in [5.41, 5.74) is 2.47. The van der Waals surface area contributed by atoms with E-state index >= 15 is 0 Å². The lowest BCUT2D eigenvalue weighted by atomic mass is 9.78. The van der Waals surface area contributed by atoms with E-state index in [0.29, 0.717) is 24.5 Å². The van der Waals surface area contributed by atoms with E-state index in [-0.39, 0.29) is 18.2 Å². The van der Waals surface area contributed by atoms with Crippen LogP contribution in [0.1, 0.15) is 42.4 Å². The maximum absolute atomic E-state index is 13.2. The van der Waals surface area contributed by atoms with Gasteiger partial charge in [0.2, 0.25) is 15.9 Å². The van der Waals surface area contributed by atoms with Crippen LogP contribution in [0, 0.1) is 0 Å². The van der Waals surface area contributed by atoms with E-state index in [1.54, 1.807) is 19.2 Å². The van der Waals surface area contributed by atoms with E-state index in [2.05, 4.69) is 5.32 Å². The molecule has 2 aromatic rings. The molecule has 0 spiro atoms. The van der Waals surface area contributed by atoms with Gasteiger partial charge in [0, 0.05) is 24.7 Å². The van der Waals surface area contributed by atoms with Gasteiger partial charge in [-0.05, 0) is 60.2 Å². The Morgan fingerprint density at radius 2 is 1.84 bits per heavy atom. The third kappa shape index (κ3) is 4.65. The predicted molar refractivity (Wildman–Crippen MR) is 126 cm³/mol. The largest absolute Gasteiger partial charge is 0.497 e. The molecule has 0 aromatic heterocycles. The Bertz CT molecular complexity index is 1080. The molecule has 1 aliphatic carbocycles. The zero-order chi connectivity index (χ0) is 22.8. The van der Waals surface area contributed by atoms with Crippen LogP contribution in [-0.2, 0) is 33.2 Å². The number of rotatable bonds is 7. The number of fused-ring (bicyclic) bond motifs is 1. The van der Waals surface area contributed by atoms with Crippen molar-refractivity contribution in [2.75, 3.05) is 26.0 Å². The van der Waals surface area contributed by atoms with Crippen molar-refractivity contribution >= 4 is 27.5 Å². The highest BCUT2D eigenvalue weighted by molar-refractivity contribution is 7.89. The molecule has 1 N–H and O–H groups in total. The molecule has 4 rings (SSSR count). The second-order valence-electron chi connectivity index (χ2n) is 8.59. The Morgan fingerprint density at radius 1 is 1.12 bits per heavy atom. The molecule has 2 aliphatic rings. The average molecular weight is 477 g/mol. The van der Waals surface area contributed by atoms with Gasteiger partial charge in [-0.1, -0.05) is 42.6 Å². The van der Waals surface area contributed by atoms with Crippen LogP contribution in [-0.4, -0.2) is 44.6 Å². The number of nitrogens with one attached hydrogen (secondary N) is 1. The first-order valence-corrected chi connectivity index (χ1v) is 13.0. The number of amides is 1. The number of hydrogen-bond donors (Lipinski definition) is 1. The van der Waals surface area contributed by atoms with Crippen LogP contribution in [0.4, 0.5) is 0 Å². The number of hydrogen-bond acceptors (Lipinski definition) is 4. The number of halogens is 1. The molecule has 1 fully saturated rings. The summed E-state index contributed by atoms with van der Waals surface area (Å²) in [4.78, 5) is 13.2. The number of carbonyl (C=O) groups is 1. The summed E-state index contributed by atoms with van der Waals surface area (Å²) in [7, 11) is -1.86. The highest BCUT2D eigenvalue weighted by atomic mass is 35.5. The quantitative estimate of drug-likeness (QED) is 0.661. The molecule has 172 valence electrons. The Balaban J connectivity index is 1.38. The lowest BCUT2D eigenvalue weighted by Gasteiger charge is -2.30. The summed E-state index contributed by atoms with van der Waals surface area (Å²) in [6.07, 6.45) is 4.13. The lowest BCUT2D eigenvalue weighted by molar-refractivity contribution is -0.126. The first-order valence-electron chi connectivity index (χ1n) is 11.0. The summed E-state index contributed by atoms with van der Waals surface area (Å²) >= 11 is 6.02. The monoisotopic (exact) mass is 476 g/mol. The Labute approximate surface area is 195 Å². The summed E-state index contributed by atoms with van der Waals surface area (Å²) < 4.78 is 32.7. The molecular formula is C24H29ClN2O4S. The molecule has 32 heavy (non-hydrogen) atoms. The minimum absolute atomic E-state index is 0.0939. The van der Waals surface area contributed by atoms with Crippen molar-refractivity contribution < 1.29 is 17.9 Å². The fourth-order valence-electron chi connectivity index (χ4n) is 4.85. The van der Waals surface area contributed by atoms with Gasteiger partial charge in [-0.15, -0.1) is 0 Å². The number of benzene rings is 2. The standard InChI is InChI=1S/C24H29ClN2O4S/c1-31-22-9-4-19-17-27(14-10-18(19)16-22)32(29,30)15-13-26-23(28)24(11-2-3-12-24)20-5-7-21(25)8-6-20/h4-9,16H,2-3,10-15,17H2,1H3,(H,26,28). The zero-order valence-electron chi connectivity index (χ0n) is 18.3. The molecular weight excluding hydrogens is 448 g/mol. The molecule has 1 aliphatic heterocycles. The molecule has 6 nitrogen and oxygen atoms in total. The van der Waals surface area contributed by atoms with Gasteiger partial charge < -0.3 is 10.1 Å². The van der Waals surface area contributed by atoms with Gasteiger partial charge >= 0.3 is 0 Å². The van der Waals surface area contributed by atoms with Crippen molar-refractivity contribution in [2.45, 2.75) is 44.1 Å². The van der Waals surface area contributed by atoms with Crippen molar-refractivity contribution in [3.05, 3.63) is 64.2 Å². The molecule has 1 heterocycles. The number of carbonyl (C=O) groups excluding carboxylic acids is 1.